The number of methoxy groups -OCH3 is 1. The standard InChI is InChI=1S/C14H11BrF2N2O2/c1-21-12-4-2-3-10(18)13(12)14(20)19-11-5-7(15)8(16)6-9(11)17/h2-6H,18H2,1H3,(H,19,20). The molecule has 21 heavy (non-hydrogen) atoms. The fraction of sp³-hybridized carbons (Fsp3) is 0.0714. The first kappa shape index (κ1) is 15.2. The molecule has 0 radical (unpaired) electrons. The molecule has 0 unspecified atom stereocenters. The lowest BCUT2D eigenvalue weighted by molar-refractivity contribution is 0.102. The third-order valence-electron chi connectivity index (χ3n) is 2.76. The Morgan fingerprint density at radius 3 is 2.67 bits per heavy atom. The zero-order valence-corrected chi connectivity index (χ0v) is 12.5. The average molecular weight is 357 g/mol. The molecule has 0 bridgehead atoms. The van der Waals surface area contributed by atoms with E-state index in [4.69, 9.17) is 10.5 Å². The van der Waals surface area contributed by atoms with Crippen molar-refractivity contribution in [1.29, 1.82) is 0 Å². The first-order valence-electron chi connectivity index (χ1n) is 5.82. The number of carbonyl (C=O) groups is 1. The third-order valence-corrected chi connectivity index (χ3v) is 3.37. The first-order valence-corrected chi connectivity index (χ1v) is 6.61. The summed E-state index contributed by atoms with van der Waals surface area (Å²) in [5.41, 5.74) is 5.84. The first-order chi connectivity index (χ1) is 9.93. The Hall–Kier alpha value is -2.15. The van der Waals surface area contributed by atoms with Crippen molar-refractivity contribution in [2.75, 3.05) is 18.2 Å². The van der Waals surface area contributed by atoms with Crippen molar-refractivity contribution in [2.45, 2.75) is 0 Å². The van der Waals surface area contributed by atoms with E-state index < -0.39 is 17.5 Å². The second-order valence-corrected chi connectivity index (χ2v) is 4.98. The van der Waals surface area contributed by atoms with Crippen molar-refractivity contribution in [2.24, 2.45) is 0 Å². The number of rotatable bonds is 3. The van der Waals surface area contributed by atoms with Gasteiger partial charge in [-0.05, 0) is 34.1 Å². The highest BCUT2D eigenvalue weighted by molar-refractivity contribution is 9.10. The summed E-state index contributed by atoms with van der Waals surface area (Å²) in [7, 11) is 1.39. The topological polar surface area (TPSA) is 64.3 Å². The quantitative estimate of drug-likeness (QED) is 0.652. The Morgan fingerprint density at radius 1 is 1.29 bits per heavy atom. The molecule has 2 aromatic rings. The Labute approximate surface area is 128 Å². The highest BCUT2D eigenvalue weighted by atomic mass is 79.9. The van der Waals surface area contributed by atoms with Crippen LogP contribution in [0.4, 0.5) is 20.2 Å². The van der Waals surface area contributed by atoms with E-state index in [1.54, 1.807) is 12.1 Å². The Kier molecular flexibility index (Phi) is 4.42. The highest BCUT2D eigenvalue weighted by Gasteiger charge is 2.18. The van der Waals surface area contributed by atoms with Crippen molar-refractivity contribution >= 4 is 33.2 Å². The summed E-state index contributed by atoms with van der Waals surface area (Å²) in [6.45, 7) is 0. The van der Waals surface area contributed by atoms with E-state index in [1.165, 1.54) is 13.2 Å². The van der Waals surface area contributed by atoms with Gasteiger partial charge in [0.2, 0.25) is 0 Å². The molecule has 0 saturated carbocycles. The van der Waals surface area contributed by atoms with E-state index >= 15 is 0 Å². The van der Waals surface area contributed by atoms with Gasteiger partial charge in [0.1, 0.15) is 22.9 Å². The van der Waals surface area contributed by atoms with Crippen molar-refractivity contribution in [3.05, 3.63) is 52.0 Å². The number of ether oxygens (including phenoxy) is 1. The third kappa shape index (κ3) is 3.13. The van der Waals surface area contributed by atoms with Crippen LogP contribution in [-0.4, -0.2) is 13.0 Å². The highest BCUT2D eigenvalue weighted by Crippen LogP contribution is 2.28. The van der Waals surface area contributed by atoms with E-state index in [9.17, 15) is 13.6 Å². The molecule has 0 saturated heterocycles. The van der Waals surface area contributed by atoms with Gasteiger partial charge in [-0.2, -0.15) is 0 Å². The molecule has 0 aliphatic rings. The van der Waals surface area contributed by atoms with Crippen molar-refractivity contribution < 1.29 is 18.3 Å². The van der Waals surface area contributed by atoms with Crippen LogP contribution in [0.1, 0.15) is 10.4 Å². The molecular formula is C14H11BrF2N2O2. The van der Waals surface area contributed by atoms with Crippen LogP contribution in [0.2, 0.25) is 0 Å². The molecule has 4 nitrogen and oxygen atoms in total. The second kappa shape index (κ2) is 6.09. The summed E-state index contributed by atoms with van der Waals surface area (Å²) in [6, 6.07) is 6.51. The number of amides is 1. The van der Waals surface area contributed by atoms with E-state index in [0.717, 1.165) is 6.07 Å². The van der Waals surface area contributed by atoms with Crippen LogP contribution >= 0.6 is 15.9 Å². The fourth-order valence-corrected chi connectivity index (χ4v) is 2.11. The van der Waals surface area contributed by atoms with Crippen LogP contribution in [-0.2, 0) is 0 Å². The van der Waals surface area contributed by atoms with Gasteiger partial charge in [-0.3, -0.25) is 4.79 Å². The fourth-order valence-electron chi connectivity index (χ4n) is 1.76. The summed E-state index contributed by atoms with van der Waals surface area (Å²) in [4.78, 5) is 12.2. The maximum atomic E-state index is 13.7. The van der Waals surface area contributed by atoms with Gasteiger partial charge in [0, 0.05) is 11.8 Å². The lowest BCUT2D eigenvalue weighted by atomic mass is 10.1. The molecule has 110 valence electrons. The molecule has 0 atom stereocenters. The molecule has 0 heterocycles. The number of halogens is 3. The van der Waals surface area contributed by atoms with Crippen LogP contribution in [0.25, 0.3) is 0 Å². The van der Waals surface area contributed by atoms with Crippen LogP contribution in [0.15, 0.2) is 34.8 Å². The zero-order chi connectivity index (χ0) is 15.6. The molecule has 0 aliphatic heterocycles. The number of nitrogen functional groups attached to an aromatic ring is 1. The largest absolute Gasteiger partial charge is 0.496 e. The van der Waals surface area contributed by atoms with E-state index in [1.807, 2.05) is 0 Å². The summed E-state index contributed by atoms with van der Waals surface area (Å²) in [6.07, 6.45) is 0. The molecule has 0 aromatic heterocycles. The van der Waals surface area contributed by atoms with Crippen LogP contribution in [0.5, 0.6) is 5.75 Å². The predicted octanol–water partition coefficient (Wildman–Crippen LogP) is 3.57. The summed E-state index contributed by atoms with van der Waals surface area (Å²) in [5.74, 6) is -2.05. The van der Waals surface area contributed by atoms with E-state index in [2.05, 4.69) is 21.2 Å². The van der Waals surface area contributed by atoms with Crippen molar-refractivity contribution in [3.8, 4) is 5.75 Å². The number of hydrogen-bond acceptors (Lipinski definition) is 3. The van der Waals surface area contributed by atoms with Crippen molar-refractivity contribution in [3.63, 3.8) is 0 Å². The number of hydrogen-bond donors (Lipinski definition) is 2. The summed E-state index contributed by atoms with van der Waals surface area (Å²) >= 11 is 2.93. The smallest absolute Gasteiger partial charge is 0.261 e. The van der Waals surface area contributed by atoms with Crippen LogP contribution in [0.3, 0.4) is 0 Å². The van der Waals surface area contributed by atoms with E-state index in [-0.39, 0.29) is 27.2 Å². The second-order valence-electron chi connectivity index (χ2n) is 4.12. The number of benzene rings is 2. The summed E-state index contributed by atoms with van der Waals surface area (Å²) in [5, 5.41) is 2.34. The maximum Gasteiger partial charge on any atom is 0.261 e. The molecule has 0 fully saturated rings. The predicted molar refractivity (Wildman–Crippen MR) is 79.4 cm³/mol. The minimum atomic E-state index is -0.891. The zero-order valence-electron chi connectivity index (χ0n) is 10.9. The Balaban J connectivity index is 2.37. The number of anilines is 2. The Morgan fingerprint density at radius 2 is 2.00 bits per heavy atom. The molecule has 0 aliphatic carbocycles. The number of nitrogens with two attached hydrogens (primary N) is 1. The molecule has 7 heteroatoms. The number of nitrogens with one attached hydrogen (secondary N) is 1. The number of carbonyl (C=O) groups excluding carboxylic acids is 1. The molecule has 3 N–H and O–H groups in total. The molecule has 0 spiro atoms. The monoisotopic (exact) mass is 356 g/mol. The van der Waals surface area contributed by atoms with Gasteiger partial charge in [-0.1, -0.05) is 6.07 Å². The molecule has 2 aromatic carbocycles. The lowest BCUT2D eigenvalue weighted by Crippen LogP contribution is -2.16. The van der Waals surface area contributed by atoms with Gasteiger partial charge in [-0.25, -0.2) is 8.78 Å². The molecule has 2 rings (SSSR count). The maximum absolute atomic E-state index is 13.7. The Bertz CT molecular complexity index is 708. The SMILES string of the molecule is COc1cccc(N)c1C(=O)Nc1cc(Br)c(F)cc1F. The van der Waals surface area contributed by atoms with Crippen molar-refractivity contribution in [1.82, 2.24) is 0 Å². The minimum Gasteiger partial charge on any atom is -0.496 e. The van der Waals surface area contributed by atoms with Gasteiger partial charge in [-0.15, -0.1) is 0 Å². The summed E-state index contributed by atoms with van der Waals surface area (Å²) < 4.78 is 31.9. The molecular weight excluding hydrogens is 346 g/mol. The van der Waals surface area contributed by atoms with Gasteiger partial charge < -0.3 is 15.8 Å². The van der Waals surface area contributed by atoms with Gasteiger partial charge >= 0.3 is 0 Å². The van der Waals surface area contributed by atoms with Gasteiger partial charge in [0.05, 0.1) is 17.3 Å². The lowest BCUT2D eigenvalue weighted by Gasteiger charge is -2.12. The molecule has 1 amide bonds. The van der Waals surface area contributed by atoms with Crippen LogP contribution in [0, 0.1) is 11.6 Å². The van der Waals surface area contributed by atoms with E-state index in [0.29, 0.717) is 6.07 Å². The van der Waals surface area contributed by atoms with Crippen LogP contribution < -0.4 is 15.8 Å². The van der Waals surface area contributed by atoms with Gasteiger partial charge in [0.15, 0.2) is 0 Å². The van der Waals surface area contributed by atoms with Gasteiger partial charge in [0.25, 0.3) is 5.91 Å². The normalized spacial score (nSPS) is 10.3. The minimum absolute atomic E-state index is 0.0344. The average Bonchev–Trinajstić information content (AvgIpc) is 2.44.